The Labute approximate surface area is 127 Å². The van der Waals surface area contributed by atoms with Crippen molar-refractivity contribution in [3.63, 3.8) is 0 Å². The van der Waals surface area contributed by atoms with E-state index in [4.69, 9.17) is 0 Å². The van der Waals surface area contributed by atoms with E-state index < -0.39 is 0 Å². The fraction of sp³-hybridized carbons (Fsp3) is 0.667. The van der Waals surface area contributed by atoms with E-state index in [9.17, 15) is 4.39 Å². The van der Waals surface area contributed by atoms with Crippen molar-refractivity contribution in [1.29, 1.82) is 0 Å². The van der Waals surface area contributed by atoms with Crippen LogP contribution in [0, 0.1) is 18.7 Å². The molecule has 0 bridgehead atoms. The number of aryl methyl sites for hydroxylation is 1. The first kappa shape index (κ1) is 15.0. The molecule has 1 aromatic rings. The molecule has 1 N–H and O–H groups in total. The van der Waals surface area contributed by atoms with E-state index in [-0.39, 0.29) is 17.4 Å². The van der Waals surface area contributed by atoms with Gasteiger partial charge >= 0.3 is 0 Å². The fourth-order valence-corrected chi connectivity index (χ4v) is 3.62. The van der Waals surface area contributed by atoms with Crippen molar-refractivity contribution in [2.24, 2.45) is 5.92 Å². The van der Waals surface area contributed by atoms with Gasteiger partial charge in [-0.3, -0.25) is 4.90 Å². The molecule has 0 radical (unpaired) electrons. The predicted octanol–water partition coefficient (Wildman–Crippen LogP) is 3.66. The molecule has 3 rings (SSSR count). The van der Waals surface area contributed by atoms with E-state index in [1.165, 1.54) is 19.3 Å². The van der Waals surface area contributed by atoms with E-state index in [0.717, 1.165) is 36.7 Å². The molecule has 1 saturated heterocycles. The van der Waals surface area contributed by atoms with Crippen molar-refractivity contribution in [3.8, 4) is 0 Å². The van der Waals surface area contributed by atoms with Crippen molar-refractivity contribution < 1.29 is 4.39 Å². The molecule has 1 aromatic carbocycles. The first-order valence-electron chi connectivity index (χ1n) is 8.25. The highest BCUT2D eigenvalue weighted by Crippen LogP contribution is 2.41. The SMILES string of the molecule is Cc1ccc(C(C)N2CCCNC(C)(C3CC3)C2)cc1F. The average Bonchev–Trinajstić information content (AvgIpc) is 3.28. The second-order valence-corrected chi connectivity index (χ2v) is 7.13. The van der Waals surface area contributed by atoms with Crippen molar-refractivity contribution >= 4 is 0 Å². The molecular formula is C18H27FN2. The van der Waals surface area contributed by atoms with Crippen LogP contribution in [-0.2, 0) is 0 Å². The van der Waals surface area contributed by atoms with Gasteiger partial charge in [-0.2, -0.15) is 0 Å². The lowest BCUT2D eigenvalue weighted by atomic mass is 9.94. The number of hydrogen-bond acceptors (Lipinski definition) is 2. The Bertz CT molecular complexity index is 512. The molecule has 0 amide bonds. The van der Waals surface area contributed by atoms with E-state index in [2.05, 4.69) is 30.1 Å². The summed E-state index contributed by atoms with van der Waals surface area (Å²) in [4.78, 5) is 2.53. The molecule has 1 heterocycles. The van der Waals surface area contributed by atoms with Gasteiger partial charge in [-0.05, 0) is 69.7 Å². The van der Waals surface area contributed by atoms with Crippen LogP contribution in [-0.4, -0.2) is 30.1 Å². The minimum Gasteiger partial charge on any atom is -0.310 e. The second-order valence-electron chi connectivity index (χ2n) is 7.13. The van der Waals surface area contributed by atoms with Crippen molar-refractivity contribution in [2.45, 2.75) is 51.6 Å². The van der Waals surface area contributed by atoms with Gasteiger partial charge in [-0.1, -0.05) is 12.1 Å². The van der Waals surface area contributed by atoms with Crippen LogP contribution in [0.15, 0.2) is 18.2 Å². The Morgan fingerprint density at radius 2 is 2.14 bits per heavy atom. The molecule has 21 heavy (non-hydrogen) atoms. The van der Waals surface area contributed by atoms with Gasteiger partial charge in [-0.25, -0.2) is 4.39 Å². The fourth-order valence-electron chi connectivity index (χ4n) is 3.62. The molecule has 2 aliphatic rings. The molecule has 1 aliphatic heterocycles. The number of rotatable bonds is 3. The monoisotopic (exact) mass is 290 g/mol. The van der Waals surface area contributed by atoms with E-state index >= 15 is 0 Å². The van der Waals surface area contributed by atoms with E-state index in [1.54, 1.807) is 6.07 Å². The van der Waals surface area contributed by atoms with Crippen LogP contribution in [0.3, 0.4) is 0 Å². The first-order chi connectivity index (χ1) is 9.99. The van der Waals surface area contributed by atoms with Gasteiger partial charge in [0.25, 0.3) is 0 Å². The molecule has 0 spiro atoms. The molecule has 2 unspecified atom stereocenters. The minimum absolute atomic E-state index is 0.0859. The summed E-state index contributed by atoms with van der Waals surface area (Å²) in [6, 6.07) is 5.97. The minimum atomic E-state index is -0.0859. The highest BCUT2D eigenvalue weighted by molar-refractivity contribution is 5.25. The van der Waals surface area contributed by atoms with Crippen molar-refractivity contribution in [1.82, 2.24) is 10.2 Å². The van der Waals surface area contributed by atoms with Gasteiger partial charge in [0.15, 0.2) is 0 Å². The van der Waals surface area contributed by atoms with Crippen LogP contribution in [0.4, 0.5) is 4.39 Å². The average molecular weight is 290 g/mol. The van der Waals surface area contributed by atoms with E-state index in [1.807, 2.05) is 13.0 Å². The summed E-state index contributed by atoms with van der Waals surface area (Å²) in [7, 11) is 0. The Hall–Kier alpha value is -0.930. The van der Waals surface area contributed by atoms with Crippen molar-refractivity contribution in [2.75, 3.05) is 19.6 Å². The number of nitrogens with zero attached hydrogens (tertiary/aromatic N) is 1. The zero-order chi connectivity index (χ0) is 15.0. The number of nitrogens with one attached hydrogen (secondary N) is 1. The lowest BCUT2D eigenvalue weighted by molar-refractivity contribution is 0.159. The van der Waals surface area contributed by atoms with Crippen LogP contribution in [0.25, 0.3) is 0 Å². The molecule has 2 atom stereocenters. The van der Waals surface area contributed by atoms with Crippen molar-refractivity contribution in [3.05, 3.63) is 35.1 Å². The third-order valence-corrected chi connectivity index (χ3v) is 5.39. The molecule has 2 nitrogen and oxygen atoms in total. The van der Waals surface area contributed by atoms with Gasteiger partial charge in [0.1, 0.15) is 5.82 Å². The van der Waals surface area contributed by atoms with Crippen LogP contribution >= 0.6 is 0 Å². The molecular weight excluding hydrogens is 263 g/mol. The van der Waals surface area contributed by atoms with Crippen LogP contribution in [0.1, 0.15) is 50.3 Å². The zero-order valence-corrected chi connectivity index (χ0v) is 13.5. The third kappa shape index (κ3) is 3.14. The quantitative estimate of drug-likeness (QED) is 0.914. The lowest BCUT2D eigenvalue weighted by Crippen LogP contribution is -2.51. The normalized spacial score (nSPS) is 29.1. The maximum Gasteiger partial charge on any atom is 0.126 e. The van der Waals surface area contributed by atoms with Crippen LogP contribution in [0.2, 0.25) is 0 Å². The number of benzene rings is 1. The predicted molar refractivity (Wildman–Crippen MR) is 84.9 cm³/mol. The van der Waals surface area contributed by atoms with E-state index in [0.29, 0.717) is 0 Å². The summed E-state index contributed by atoms with van der Waals surface area (Å²) in [5, 5.41) is 3.76. The number of hydrogen-bond donors (Lipinski definition) is 1. The van der Waals surface area contributed by atoms with Gasteiger partial charge < -0.3 is 5.32 Å². The van der Waals surface area contributed by atoms with Gasteiger partial charge in [0, 0.05) is 24.7 Å². The molecule has 3 heteroatoms. The molecule has 2 fully saturated rings. The van der Waals surface area contributed by atoms with Crippen LogP contribution < -0.4 is 5.32 Å². The Morgan fingerprint density at radius 3 is 2.81 bits per heavy atom. The Kier molecular flexibility index (Phi) is 4.06. The lowest BCUT2D eigenvalue weighted by Gasteiger charge is -2.37. The second kappa shape index (κ2) is 5.69. The smallest absolute Gasteiger partial charge is 0.126 e. The topological polar surface area (TPSA) is 15.3 Å². The molecule has 116 valence electrons. The molecule has 0 aromatic heterocycles. The van der Waals surface area contributed by atoms with Crippen LogP contribution in [0.5, 0.6) is 0 Å². The maximum absolute atomic E-state index is 13.8. The van der Waals surface area contributed by atoms with Gasteiger partial charge in [0.05, 0.1) is 0 Å². The summed E-state index contributed by atoms with van der Waals surface area (Å²) in [6.07, 6.45) is 3.87. The summed E-state index contributed by atoms with van der Waals surface area (Å²) >= 11 is 0. The summed E-state index contributed by atoms with van der Waals surface area (Å²) in [5.74, 6) is 0.734. The highest BCUT2D eigenvalue weighted by Gasteiger charge is 2.43. The summed E-state index contributed by atoms with van der Waals surface area (Å²) in [5.41, 5.74) is 2.05. The highest BCUT2D eigenvalue weighted by atomic mass is 19.1. The summed E-state index contributed by atoms with van der Waals surface area (Å²) < 4.78 is 13.8. The first-order valence-corrected chi connectivity index (χ1v) is 8.25. The Morgan fingerprint density at radius 1 is 1.38 bits per heavy atom. The zero-order valence-electron chi connectivity index (χ0n) is 13.5. The molecule has 1 saturated carbocycles. The van der Waals surface area contributed by atoms with Gasteiger partial charge in [0.2, 0.25) is 0 Å². The standard InChI is InChI=1S/C18H27FN2/c1-13-5-6-15(11-17(13)19)14(2)21-10-4-9-20-18(3,12-21)16-7-8-16/h5-6,11,14,16,20H,4,7-10,12H2,1-3H3. The largest absolute Gasteiger partial charge is 0.310 e. The van der Waals surface area contributed by atoms with Gasteiger partial charge in [-0.15, -0.1) is 0 Å². The summed E-state index contributed by atoms with van der Waals surface area (Å²) in [6.45, 7) is 9.65. The third-order valence-electron chi connectivity index (χ3n) is 5.39. The molecule has 1 aliphatic carbocycles. The number of halogens is 1. The maximum atomic E-state index is 13.8. The Balaban J connectivity index is 1.78.